The molecule has 23 heavy (non-hydrogen) atoms. The van der Waals surface area contributed by atoms with E-state index in [0.717, 1.165) is 12.1 Å². The Morgan fingerprint density at radius 3 is 2.70 bits per heavy atom. The summed E-state index contributed by atoms with van der Waals surface area (Å²) in [7, 11) is 0. The maximum absolute atomic E-state index is 13.7. The Morgan fingerprint density at radius 2 is 2.00 bits per heavy atom. The molecule has 116 valence electrons. The zero-order valence-corrected chi connectivity index (χ0v) is 13.0. The molecular weight excluding hydrogens is 375 g/mol. The molecule has 0 bridgehead atoms. The average Bonchev–Trinajstić information content (AvgIpc) is 2.73. The van der Waals surface area contributed by atoms with E-state index in [0.29, 0.717) is 0 Å². The third-order valence-corrected chi connectivity index (χ3v) is 4.07. The SMILES string of the molecule is N#Cc1cc(F)cc(Oc2ccc(Br)c3c2CC(F)(F)C3=O)c1. The van der Waals surface area contributed by atoms with Gasteiger partial charge < -0.3 is 4.74 Å². The van der Waals surface area contributed by atoms with Gasteiger partial charge in [0.25, 0.3) is 0 Å². The van der Waals surface area contributed by atoms with Gasteiger partial charge in [-0.1, -0.05) is 15.9 Å². The minimum absolute atomic E-state index is 0.00580. The van der Waals surface area contributed by atoms with Crippen molar-refractivity contribution in [3.63, 3.8) is 0 Å². The van der Waals surface area contributed by atoms with E-state index in [4.69, 9.17) is 10.00 Å². The zero-order valence-electron chi connectivity index (χ0n) is 11.4. The number of carbonyl (C=O) groups excluding carboxylic acids is 1. The fraction of sp³-hybridized carbons (Fsp3) is 0.125. The first kappa shape index (κ1) is 15.6. The number of halogens is 4. The lowest BCUT2D eigenvalue weighted by Gasteiger charge is -2.11. The molecule has 0 N–H and O–H groups in total. The molecule has 2 aromatic rings. The van der Waals surface area contributed by atoms with Crippen molar-refractivity contribution < 1.29 is 22.7 Å². The molecule has 0 unspecified atom stereocenters. The van der Waals surface area contributed by atoms with E-state index in [1.54, 1.807) is 6.07 Å². The van der Waals surface area contributed by atoms with Gasteiger partial charge in [-0.05, 0) is 24.3 Å². The van der Waals surface area contributed by atoms with E-state index in [1.165, 1.54) is 18.2 Å². The standard InChI is InChI=1S/C16H7BrF3NO2/c17-12-1-2-13(11-6-16(19,20)15(22)14(11)12)23-10-4-8(7-21)3-9(18)5-10/h1-5H,6H2. The van der Waals surface area contributed by atoms with E-state index in [-0.39, 0.29) is 32.7 Å². The fourth-order valence-electron chi connectivity index (χ4n) is 2.42. The Balaban J connectivity index is 2.06. The second-order valence-electron chi connectivity index (χ2n) is 5.00. The van der Waals surface area contributed by atoms with E-state index < -0.39 is 23.9 Å². The molecule has 0 saturated carbocycles. The Kier molecular flexibility index (Phi) is 3.65. The average molecular weight is 382 g/mol. The number of rotatable bonds is 2. The number of ether oxygens (including phenoxy) is 1. The molecular formula is C16H7BrF3NO2. The topological polar surface area (TPSA) is 50.1 Å². The highest BCUT2D eigenvalue weighted by Gasteiger charge is 2.49. The van der Waals surface area contributed by atoms with Crippen LogP contribution in [-0.2, 0) is 6.42 Å². The zero-order chi connectivity index (χ0) is 16.8. The predicted molar refractivity (Wildman–Crippen MR) is 78.3 cm³/mol. The van der Waals surface area contributed by atoms with E-state index in [2.05, 4.69) is 15.9 Å². The molecule has 0 aromatic heterocycles. The van der Waals surface area contributed by atoms with Crippen LogP contribution in [0.2, 0.25) is 0 Å². The van der Waals surface area contributed by atoms with Crippen molar-refractivity contribution in [2.45, 2.75) is 12.3 Å². The molecule has 0 fully saturated rings. The molecule has 1 aliphatic rings. The number of benzene rings is 2. The Labute approximate surface area is 137 Å². The lowest BCUT2D eigenvalue weighted by molar-refractivity contribution is 0.0166. The van der Waals surface area contributed by atoms with Crippen molar-refractivity contribution in [1.29, 1.82) is 5.26 Å². The van der Waals surface area contributed by atoms with Crippen LogP contribution in [0.25, 0.3) is 0 Å². The molecule has 3 rings (SSSR count). The first-order valence-electron chi connectivity index (χ1n) is 6.44. The fourth-order valence-corrected chi connectivity index (χ4v) is 2.97. The van der Waals surface area contributed by atoms with Gasteiger partial charge in [-0.3, -0.25) is 4.79 Å². The van der Waals surface area contributed by atoms with Crippen molar-refractivity contribution in [2.75, 3.05) is 0 Å². The summed E-state index contributed by atoms with van der Waals surface area (Å²) in [5.41, 5.74) is -0.0447. The molecule has 2 aromatic carbocycles. The van der Waals surface area contributed by atoms with Crippen molar-refractivity contribution in [3.05, 3.63) is 57.3 Å². The van der Waals surface area contributed by atoms with Gasteiger partial charge in [0, 0.05) is 28.1 Å². The van der Waals surface area contributed by atoms with Gasteiger partial charge in [-0.2, -0.15) is 14.0 Å². The molecule has 3 nitrogen and oxygen atoms in total. The Morgan fingerprint density at radius 1 is 1.26 bits per heavy atom. The van der Waals surface area contributed by atoms with Gasteiger partial charge in [0.1, 0.15) is 17.3 Å². The van der Waals surface area contributed by atoms with Crippen LogP contribution in [0.3, 0.4) is 0 Å². The lowest BCUT2D eigenvalue weighted by atomic mass is 10.1. The number of nitrogens with zero attached hydrogens (tertiary/aromatic N) is 1. The molecule has 0 saturated heterocycles. The van der Waals surface area contributed by atoms with Gasteiger partial charge >= 0.3 is 5.92 Å². The molecule has 1 aliphatic carbocycles. The summed E-state index contributed by atoms with van der Waals surface area (Å²) in [5.74, 6) is -5.43. The van der Waals surface area contributed by atoms with Gasteiger partial charge in [0.15, 0.2) is 0 Å². The number of nitriles is 1. The molecule has 0 spiro atoms. The van der Waals surface area contributed by atoms with Crippen LogP contribution in [-0.4, -0.2) is 11.7 Å². The summed E-state index contributed by atoms with van der Waals surface area (Å²) in [6.07, 6.45) is -0.781. The van der Waals surface area contributed by atoms with Crippen LogP contribution >= 0.6 is 15.9 Å². The molecule has 7 heteroatoms. The maximum Gasteiger partial charge on any atom is 0.313 e. The summed E-state index contributed by atoms with van der Waals surface area (Å²) in [6.45, 7) is 0. The van der Waals surface area contributed by atoms with Crippen molar-refractivity contribution in [1.82, 2.24) is 0 Å². The number of ketones is 1. The summed E-state index contributed by atoms with van der Waals surface area (Å²) >= 11 is 3.08. The van der Waals surface area contributed by atoms with E-state index in [1.807, 2.05) is 0 Å². The summed E-state index contributed by atoms with van der Waals surface area (Å²) in [6, 6.07) is 7.94. The first-order valence-corrected chi connectivity index (χ1v) is 7.23. The van der Waals surface area contributed by atoms with Gasteiger partial charge in [0.05, 0.1) is 11.6 Å². The number of carbonyl (C=O) groups is 1. The van der Waals surface area contributed by atoms with Crippen LogP contribution in [0.15, 0.2) is 34.8 Å². The first-order chi connectivity index (χ1) is 10.8. The molecule has 0 aliphatic heterocycles. The van der Waals surface area contributed by atoms with Gasteiger partial charge in [-0.25, -0.2) is 4.39 Å². The van der Waals surface area contributed by atoms with Crippen LogP contribution in [0.1, 0.15) is 21.5 Å². The lowest BCUT2D eigenvalue weighted by Crippen LogP contribution is -2.23. The van der Waals surface area contributed by atoms with Crippen molar-refractivity contribution in [3.8, 4) is 17.6 Å². The highest BCUT2D eigenvalue weighted by atomic mass is 79.9. The second-order valence-corrected chi connectivity index (χ2v) is 5.85. The van der Waals surface area contributed by atoms with Crippen LogP contribution < -0.4 is 4.74 Å². The minimum atomic E-state index is -3.50. The van der Waals surface area contributed by atoms with Crippen LogP contribution in [0.4, 0.5) is 13.2 Å². The van der Waals surface area contributed by atoms with E-state index in [9.17, 15) is 18.0 Å². The molecule has 0 amide bonds. The van der Waals surface area contributed by atoms with Gasteiger partial charge in [-0.15, -0.1) is 0 Å². The summed E-state index contributed by atoms with van der Waals surface area (Å²) < 4.78 is 46.5. The van der Waals surface area contributed by atoms with Crippen molar-refractivity contribution in [2.24, 2.45) is 0 Å². The quantitative estimate of drug-likeness (QED) is 0.761. The monoisotopic (exact) mass is 381 g/mol. The highest BCUT2D eigenvalue weighted by molar-refractivity contribution is 9.10. The Hall–Kier alpha value is -2.33. The molecule has 0 radical (unpaired) electrons. The smallest absolute Gasteiger partial charge is 0.313 e. The summed E-state index contributed by atoms with van der Waals surface area (Å²) in [5, 5.41) is 8.82. The number of hydrogen-bond acceptors (Lipinski definition) is 3. The third-order valence-electron chi connectivity index (χ3n) is 3.41. The number of Topliss-reactive ketones (excluding diaryl/α,β-unsaturated/α-hetero) is 1. The van der Waals surface area contributed by atoms with Gasteiger partial charge in [0.2, 0.25) is 5.78 Å². The number of fused-ring (bicyclic) bond motifs is 1. The van der Waals surface area contributed by atoms with Crippen LogP contribution in [0.5, 0.6) is 11.5 Å². The number of hydrogen-bond donors (Lipinski definition) is 0. The second kappa shape index (κ2) is 5.39. The largest absolute Gasteiger partial charge is 0.457 e. The predicted octanol–water partition coefficient (Wildman–Crippen LogP) is 4.63. The minimum Gasteiger partial charge on any atom is -0.457 e. The number of alkyl halides is 2. The van der Waals surface area contributed by atoms with E-state index >= 15 is 0 Å². The maximum atomic E-state index is 13.7. The third kappa shape index (κ3) is 2.70. The normalized spacial score (nSPS) is 15.2. The van der Waals surface area contributed by atoms with Crippen molar-refractivity contribution >= 4 is 21.7 Å². The Bertz CT molecular complexity index is 874. The van der Waals surface area contributed by atoms with Crippen LogP contribution in [0, 0.1) is 17.1 Å². The molecule has 0 heterocycles. The summed E-state index contributed by atoms with van der Waals surface area (Å²) in [4.78, 5) is 11.8. The molecule has 0 atom stereocenters. The highest BCUT2D eigenvalue weighted by Crippen LogP contribution is 2.43.